The van der Waals surface area contributed by atoms with Crippen molar-refractivity contribution in [3.63, 3.8) is 0 Å². The molecule has 1 amide bonds. The molecule has 1 saturated heterocycles. The molecular weight excluding hydrogens is 438 g/mol. The molecule has 3 aliphatic carbocycles. The molecule has 0 bridgehead atoms. The molecule has 6 rings (SSSR count). The van der Waals surface area contributed by atoms with Gasteiger partial charge in [0.25, 0.3) is 0 Å². The van der Waals surface area contributed by atoms with Gasteiger partial charge in [0.15, 0.2) is 0 Å². The summed E-state index contributed by atoms with van der Waals surface area (Å²) >= 11 is 0. The van der Waals surface area contributed by atoms with E-state index in [1.807, 2.05) is 0 Å². The summed E-state index contributed by atoms with van der Waals surface area (Å²) in [6.45, 7) is 2.85. The highest BCUT2D eigenvalue weighted by Crippen LogP contribution is 2.46. The Balaban J connectivity index is 1.35. The molecule has 33 heavy (non-hydrogen) atoms. The highest BCUT2D eigenvalue weighted by atomic mass is 32.2. The summed E-state index contributed by atoms with van der Waals surface area (Å²) < 4.78 is 25.9. The lowest BCUT2D eigenvalue weighted by molar-refractivity contribution is -0.135. The molecule has 0 spiro atoms. The number of amides is 1. The average molecular weight is 470 g/mol. The number of fused-ring (bicyclic) bond motifs is 1. The van der Waals surface area contributed by atoms with Crippen molar-refractivity contribution < 1.29 is 13.2 Å². The maximum atomic E-state index is 12.9. The predicted octanol–water partition coefficient (Wildman–Crippen LogP) is 1.99. The van der Waals surface area contributed by atoms with Gasteiger partial charge in [-0.25, -0.2) is 13.4 Å². The van der Waals surface area contributed by atoms with Gasteiger partial charge < -0.3 is 9.80 Å². The van der Waals surface area contributed by atoms with Gasteiger partial charge in [-0.3, -0.25) is 4.79 Å². The largest absolute Gasteiger partial charge is 0.352 e. The second kappa shape index (κ2) is 7.67. The van der Waals surface area contributed by atoms with Crippen LogP contribution in [0.5, 0.6) is 0 Å². The predicted molar refractivity (Wildman–Crippen MR) is 123 cm³/mol. The van der Waals surface area contributed by atoms with Gasteiger partial charge in [-0.05, 0) is 62.0 Å². The van der Waals surface area contributed by atoms with Gasteiger partial charge in [0.1, 0.15) is 11.9 Å². The van der Waals surface area contributed by atoms with Crippen LogP contribution in [-0.4, -0.2) is 67.0 Å². The topological polar surface area (TPSA) is 97.6 Å². The number of rotatable bonds is 5. The Morgan fingerprint density at radius 1 is 1.06 bits per heavy atom. The molecule has 2 aliphatic heterocycles. The second-order valence-corrected chi connectivity index (χ2v) is 12.5. The highest BCUT2D eigenvalue weighted by molar-refractivity contribution is 7.88. The minimum Gasteiger partial charge on any atom is -0.352 e. The van der Waals surface area contributed by atoms with Crippen LogP contribution in [0.1, 0.15) is 66.8 Å². The number of nitriles is 1. The van der Waals surface area contributed by atoms with Gasteiger partial charge in [0.2, 0.25) is 15.9 Å². The van der Waals surface area contributed by atoms with Crippen LogP contribution in [-0.2, 0) is 27.8 Å². The highest BCUT2D eigenvalue weighted by Gasteiger charge is 2.45. The van der Waals surface area contributed by atoms with E-state index in [0.29, 0.717) is 55.9 Å². The zero-order chi connectivity index (χ0) is 22.9. The number of sulfonamides is 1. The summed E-state index contributed by atoms with van der Waals surface area (Å²) in [5.41, 5.74) is 3.55. The summed E-state index contributed by atoms with van der Waals surface area (Å²) in [5, 5.41) is 10.2. The van der Waals surface area contributed by atoms with Crippen molar-refractivity contribution in [2.45, 2.75) is 63.5 Å². The van der Waals surface area contributed by atoms with Crippen LogP contribution in [0, 0.1) is 23.2 Å². The van der Waals surface area contributed by atoms with Crippen LogP contribution < -0.4 is 4.90 Å². The molecule has 176 valence electrons. The average Bonchev–Trinajstić information content (AvgIpc) is 3.65. The minimum absolute atomic E-state index is 0.210. The maximum Gasteiger partial charge on any atom is 0.226 e. The minimum atomic E-state index is -3.29. The molecule has 3 saturated carbocycles. The number of nitrogens with zero attached hydrogens (tertiary/aromatic N) is 5. The molecule has 0 radical (unpaired) electrons. The van der Waals surface area contributed by atoms with E-state index < -0.39 is 10.0 Å². The molecule has 0 aromatic carbocycles. The van der Waals surface area contributed by atoms with E-state index in [1.165, 1.54) is 23.4 Å². The van der Waals surface area contributed by atoms with Gasteiger partial charge in [-0.1, -0.05) is 0 Å². The van der Waals surface area contributed by atoms with Crippen molar-refractivity contribution in [3.8, 4) is 6.07 Å². The Morgan fingerprint density at radius 3 is 2.42 bits per heavy atom. The molecule has 1 aromatic rings. The lowest BCUT2D eigenvalue weighted by Gasteiger charge is -2.43. The summed E-state index contributed by atoms with van der Waals surface area (Å²) in [4.78, 5) is 22.3. The first-order chi connectivity index (χ1) is 15.8. The van der Waals surface area contributed by atoms with Gasteiger partial charge in [-0.2, -0.15) is 9.57 Å². The Hall–Kier alpha value is -2.18. The number of hydrogen-bond donors (Lipinski definition) is 0. The zero-order valence-electron chi connectivity index (χ0n) is 19.2. The number of piperazine rings is 1. The summed E-state index contributed by atoms with van der Waals surface area (Å²) in [6.07, 6.45) is 8.33. The van der Waals surface area contributed by atoms with Crippen molar-refractivity contribution in [3.05, 3.63) is 22.4 Å². The number of pyridine rings is 1. The SMILES string of the molecule is CS(=O)(=O)N1CCc2c(C#N)c(N3CCN(C(=O)C4CC4)C(C4CC4)C3)nc(C3CC3)c2C1. The molecular formula is C24H31N5O3S. The van der Waals surface area contributed by atoms with Crippen LogP contribution in [0.3, 0.4) is 0 Å². The van der Waals surface area contributed by atoms with Crippen molar-refractivity contribution in [2.75, 3.05) is 37.3 Å². The number of carbonyl (C=O) groups is 1. The van der Waals surface area contributed by atoms with Gasteiger partial charge in [0, 0.05) is 44.6 Å². The zero-order valence-corrected chi connectivity index (χ0v) is 20.0. The third-order valence-electron chi connectivity index (χ3n) is 8.01. The molecule has 4 fully saturated rings. The van der Waals surface area contributed by atoms with Crippen LogP contribution in [0.15, 0.2) is 0 Å². The Bertz CT molecular complexity index is 1150. The van der Waals surface area contributed by atoms with Crippen LogP contribution in [0.4, 0.5) is 5.82 Å². The molecule has 0 N–H and O–H groups in total. The Morgan fingerprint density at radius 2 is 1.82 bits per heavy atom. The molecule has 1 aromatic heterocycles. The molecule has 9 heteroatoms. The maximum absolute atomic E-state index is 12.9. The number of hydrogen-bond acceptors (Lipinski definition) is 6. The normalized spacial score (nSPS) is 26.1. The second-order valence-electron chi connectivity index (χ2n) is 10.5. The molecule has 5 aliphatic rings. The number of anilines is 1. The number of aromatic nitrogens is 1. The monoisotopic (exact) mass is 469 g/mol. The third kappa shape index (κ3) is 3.91. The first-order valence-electron chi connectivity index (χ1n) is 12.3. The molecule has 1 atom stereocenters. The summed E-state index contributed by atoms with van der Waals surface area (Å²) in [7, 11) is -3.29. The fourth-order valence-electron chi connectivity index (χ4n) is 5.67. The first kappa shape index (κ1) is 21.4. The fourth-order valence-corrected chi connectivity index (χ4v) is 6.46. The van der Waals surface area contributed by atoms with E-state index in [-0.39, 0.29) is 12.0 Å². The van der Waals surface area contributed by atoms with Crippen LogP contribution in [0.25, 0.3) is 0 Å². The van der Waals surface area contributed by atoms with E-state index in [1.54, 1.807) is 0 Å². The van der Waals surface area contributed by atoms with Gasteiger partial charge in [-0.15, -0.1) is 0 Å². The van der Waals surface area contributed by atoms with Crippen LogP contribution >= 0.6 is 0 Å². The summed E-state index contributed by atoms with van der Waals surface area (Å²) in [6, 6.07) is 2.64. The van der Waals surface area contributed by atoms with Gasteiger partial charge in [0.05, 0.1) is 23.6 Å². The van der Waals surface area contributed by atoms with E-state index in [9.17, 15) is 18.5 Å². The van der Waals surface area contributed by atoms with Crippen molar-refractivity contribution >= 4 is 21.7 Å². The van der Waals surface area contributed by atoms with Crippen molar-refractivity contribution in [2.24, 2.45) is 11.8 Å². The molecule has 8 nitrogen and oxygen atoms in total. The number of carbonyl (C=O) groups excluding carboxylic acids is 1. The Kier molecular flexibility index (Phi) is 4.97. The van der Waals surface area contributed by atoms with E-state index in [0.717, 1.165) is 54.9 Å². The fraction of sp³-hybridized carbons (Fsp3) is 0.708. The van der Waals surface area contributed by atoms with Crippen molar-refractivity contribution in [1.29, 1.82) is 5.26 Å². The van der Waals surface area contributed by atoms with E-state index >= 15 is 0 Å². The van der Waals surface area contributed by atoms with Crippen molar-refractivity contribution in [1.82, 2.24) is 14.2 Å². The van der Waals surface area contributed by atoms with E-state index in [4.69, 9.17) is 4.98 Å². The van der Waals surface area contributed by atoms with E-state index in [2.05, 4.69) is 15.9 Å². The molecule has 3 heterocycles. The first-order valence-corrected chi connectivity index (χ1v) is 14.2. The molecule has 1 unspecified atom stereocenters. The van der Waals surface area contributed by atoms with Crippen LogP contribution in [0.2, 0.25) is 0 Å². The Labute approximate surface area is 195 Å². The summed E-state index contributed by atoms with van der Waals surface area (Å²) in [5.74, 6) is 2.24. The van der Waals surface area contributed by atoms with Gasteiger partial charge >= 0.3 is 0 Å². The quantitative estimate of drug-likeness (QED) is 0.654. The standard InChI is InChI=1S/C24H31N5O3S/c1-33(31,32)28-9-8-18-19(12-25)23(26-22(16-4-5-16)20(18)13-28)27-10-11-29(24(30)17-6-7-17)21(14-27)15-2-3-15/h15-17,21H,2-11,13-14H2,1H3. The lowest BCUT2D eigenvalue weighted by atomic mass is 9.93. The lowest BCUT2D eigenvalue weighted by Crippen LogP contribution is -2.57. The smallest absolute Gasteiger partial charge is 0.226 e. The third-order valence-corrected chi connectivity index (χ3v) is 9.26.